The van der Waals surface area contributed by atoms with E-state index < -0.39 is 33.6 Å². The summed E-state index contributed by atoms with van der Waals surface area (Å²) in [7, 11) is -4.00. The predicted octanol–water partition coefficient (Wildman–Crippen LogP) is 2.62. The monoisotopic (exact) mass is 489 g/mol. The molecule has 32 heavy (non-hydrogen) atoms. The molecule has 3 rings (SSSR count). The van der Waals surface area contributed by atoms with Crippen LogP contribution in [0.5, 0.6) is 0 Å². The lowest BCUT2D eigenvalue weighted by molar-refractivity contribution is -0.137. The number of sulfonamides is 1. The highest BCUT2D eigenvalue weighted by molar-refractivity contribution is 7.89. The molecule has 0 unspecified atom stereocenters. The fraction of sp³-hybridized carbons (Fsp3) is 0.300. The minimum atomic E-state index is -4.56. The van der Waals surface area contributed by atoms with Gasteiger partial charge in [-0.15, -0.1) is 0 Å². The number of alkyl halides is 3. The lowest BCUT2D eigenvalue weighted by Gasteiger charge is -2.34. The van der Waals surface area contributed by atoms with Gasteiger partial charge in [0.25, 0.3) is 5.91 Å². The normalized spacial score (nSPS) is 15.4. The SMILES string of the molecule is O=C(NCC(=O)N1CCN(S(=O)(=O)c2ccc(C(F)(F)F)cc2)CC1)c1ccccc1Cl. The molecule has 2 aromatic rings. The van der Waals surface area contributed by atoms with E-state index in [1.807, 2.05) is 0 Å². The van der Waals surface area contributed by atoms with Gasteiger partial charge < -0.3 is 10.2 Å². The van der Waals surface area contributed by atoms with Crippen LogP contribution in [0.15, 0.2) is 53.4 Å². The fourth-order valence-corrected chi connectivity index (χ4v) is 4.79. The van der Waals surface area contributed by atoms with Gasteiger partial charge in [0.05, 0.1) is 27.6 Å². The van der Waals surface area contributed by atoms with Gasteiger partial charge in [-0.25, -0.2) is 8.42 Å². The molecule has 1 saturated heterocycles. The second-order valence-corrected chi connectivity index (χ2v) is 9.31. The van der Waals surface area contributed by atoms with Crippen molar-refractivity contribution in [2.45, 2.75) is 11.1 Å². The number of benzene rings is 2. The minimum Gasteiger partial charge on any atom is -0.343 e. The summed E-state index contributed by atoms with van der Waals surface area (Å²) in [5, 5.41) is 2.73. The molecular weight excluding hydrogens is 471 g/mol. The zero-order valence-electron chi connectivity index (χ0n) is 16.6. The quantitative estimate of drug-likeness (QED) is 0.699. The Hall–Kier alpha value is -2.63. The Balaban J connectivity index is 1.55. The summed E-state index contributed by atoms with van der Waals surface area (Å²) in [6.45, 7) is -0.155. The number of hydrogen-bond donors (Lipinski definition) is 1. The summed E-state index contributed by atoms with van der Waals surface area (Å²) in [6, 6.07) is 9.64. The molecule has 172 valence electrons. The molecule has 12 heteroatoms. The molecule has 1 N–H and O–H groups in total. The summed E-state index contributed by atoms with van der Waals surface area (Å²) in [6.07, 6.45) is -4.56. The van der Waals surface area contributed by atoms with Crippen molar-refractivity contribution in [1.29, 1.82) is 0 Å². The Bertz CT molecular complexity index is 1100. The molecule has 2 amide bonds. The van der Waals surface area contributed by atoms with E-state index in [0.717, 1.165) is 16.4 Å². The number of rotatable bonds is 5. The highest BCUT2D eigenvalue weighted by atomic mass is 35.5. The second-order valence-electron chi connectivity index (χ2n) is 6.97. The Morgan fingerprint density at radius 1 is 0.969 bits per heavy atom. The first-order valence-corrected chi connectivity index (χ1v) is 11.3. The van der Waals surface area contributed by atoms with Crippen LogP contribution in [0.1, 0.15) is 15.9 Å². The third kappa shape index (κ3) is 5.40. The first kappa shape index (κ1) is 24.0. The van der Waals surface area contributed by atoms with Crippen LogP contribution >= 0.6 is 11.6 Å². The van der Waals surface area contributed by atoms with Crippen molar-refractivity contribution < 1.29 is 31.2 Å². The van der Waals surface area contributed by atoms with E-state index in [2.05, 4.69) is 5.32 Å². The lowest BCUT2D eigenvalue weighted by Crippen LogP contribution is -2.52. The molecule has 1 fully saturated rings. The average molecular weight is 490 g/mol. The maximum Gasteiger partial charge on any atom is 0.416 e. The van der Waals surface area contributed by atoms with Crippen LogP contribution < -0.4 is 5.32 Å². The number of carbonyl (C=O) groups is 2. The molecule has 0 aromatic heterocycles. The third-order valence-corrected chi connectivity index (χ3v) is 7.17. The Labute approximate surface area is 187 Å². The van der Waals surface area contributed by atoms with Crippen molar-refractivity contribution in [3.63, 3.8) is 0 Å². The molecule has 0 aliphatic carbocycles. The summed E-state index contributed by atoms with van der Waals surface area (Å²) < 4.78 is 64.6. The first-order chi connectivity index (χ1) is 15.0. The van der Waals surface area contributed by atoms with Crippen molar-refractivity contribution in [2.24, 2.45) is 0 Å². The van der Waals surface area contributed by atoms with Gasteiger partial charge in [0.1, 0.15) is 0 Å². The third-order valence-electron chi connectivity index (χ3n) is 4.93. The van der Waals surface area contributed by atoms with Crippen LogP contribution in [-0.4, -0.2) is 62.2 Å². The van der Waals surface area contributed by atoms with Gasteiger partial charge in [0.15, 0.2) is 0 Å². The fourth-order valence-electron chi connectivity index (χ4n) is 3.15. The van der Waals surface area contributed by atoms with E-state index in [4.69, 9.17) is 11.6 Å². The molecule has 0 bridgehead atoms. The van der Waals surface area contributed by atoms with Crippen LogP contribution in [-0.2, 0) is 21.0 Å². The summed E-state index contributed by atoms with van der Waals surface area (Å²) in [4.78, 5) is 25.7. The summed E-state index contributed by atoms with van der Waals surface area (Å²) in [5.74, 6) is -0.899. The average Bonchev–Trinajstić information content (AvgIpc) is 2.77. The van der Waals surface area contributed by atoms with Gasteiger partial charge in [-0.05, 0) is 36.4 Å². The predicted molar refractivity (Wildman–Crippen MR) is 111 cm³/mol. The number of piperazine rings is 1. The molecule has 1 aliphatic rings. The molecule has 1 aliphatic heterocycles. The molecule has 0 radical (unpaired) electrons. The van der Waals surface area contributed by atoms with Crippen LogP contribution in [0, 0.1) is 0 Å². The van der Waals surface area contributed by atoms with Crippen LogP contribution in [0.4, 0.5) is 13.2 Å². The topological polar surface area (TPSA) is 86.8 Å². The van der Waals surface area contributed by atoms with Crippen LogP contribution in [0.25, 0.3) is 0 Å². The number of halogens is 4. The Morgan fingerprint density at radius 3 is 2.12 bits per heavy atom. The van der Waals surface area contributed by atoms with Crippen LogP contribution in [0.2, 0.25) is 5.02 Å². The van der Waals surface area contributed by atoms with E-state index in [9.17, 15) is 31.2 Å². The maximum atomic E-state index is 12.7. The first-order valence-electron chi connectivity index (χ1n) is 9.48. The van der Waals surface area contributed by atoms with Gasteiger partial charge >= 0.3 is 6.18 Å². The smallest absolute Gasteiger partial charge is 0.343 e. The van der Waals surface area contributed by atoms with Gasteiger partial charge in [-0.3, -0.25) is 9.59 Å². The van der Waals surface area contributed by atoms with Crippen molar-refractivity contribution in [3.8, 4) is 0 Å². The lowest BCUT2D eigenvalue weighted by atomic mass is 10.2. The zero-order chi connectivity index (χ0) is 23.5. The molecule has 2 aromatic carbocycles. The molecular formula is C20H19ClF3N3O4S. The second kappa shape index (κ2) is 9.47. The van der Waals surface area contributed by atoms with Gasteiger partial charge in [-0.2, -0.15) is 17.5 Å². The number of nitrogens with zero attached hydrogens (tertiary/aromatic N) is 2. The zero-order valence-corrected chi connectivity index (χ0v) is 18.2. The summed E-state index contributed by atoms with van der Waals surface area (Å²) >= 11 is 5.95. The van der Waals surface area contributed by atoms with Crippen molar-refractivity contribution in [1.82, 2.24) is 14.5 Å². The highest BCUT2D eigenvalue weighted by Gasteiger charge is 2.33. The van der Waals surface area contributed by atoms with Crippen molar-refractivity contribution in [3.05, 3.63) is 64.7 Å². The number of carbonyl (C=O) groups excluding carboxylic acids is 2. The molecule has 1 heterocycles. The number of nitrogens with one attached hydrogen (secondary N) is 1. The molecule has 0 saturated carbocycles. The van der Waals surface area contributed by atoms with E-state index in [1.54, 1.807) is 18.2 Å². The molecule has 0 atom stereocenters. The van der Waals surface area contributed by atoms with E-state index >= 15 is 0 Å². The number of amides is 2. The Kier molecular flexibility index (Phi) is 7.11. The van der Waals surface area contributed by atoms with E-state index in [-0.39, 0.29) is 48.2 Å². The summed E-state index contributed by atoms with van der Waals surface area (Å²) in [5.41, 5.74) is -0.708. The number of hydrogen-bond acceptors (Lipinski definition) is 4. The molecule has 0 spiro atoms. The molecule has 7 nitrogen and oxygen atoms in total. The highest BCUT2D eigenvalue weighted by Crippen LogP contribution is 2.30. The van der Waals surface area contributed by atoms with Crippen molar-refractivity contribution in [2.75, 3.05) is 32.7 Å². The van der Waals surface area contributed by atoms with Gasteiger partial charge in [-0.1, -0.05) is 23.7 Å². The maximum absolute atomic E-state index is 12.7. The van der Waals surface area contributed by atoms with E-state index in [1.165, 1.54) is 11.0 Å². The largest absolute Gasteiger partial charge is 0.416 e. The van der Waals surface area contributed by atoms with Crippen molar-refractivity contribution >= 4 is 33.4 Å². The van der Waals surface area contributed by atoms with E-state index in [0.29, 0.717) is 12.1 Å². The standard InChI is InChI=1S/C20H19ClF3N3O4S/c21-17-4-2-1-3-16(17)19(29)25-13-18(28)26-9-11-27(12-10-26)32(30,31)15-7-5-14(6-8-15)20(22,23)24/h1-8H,9-13H2,(H,25,29). The van der Waals surface area contributed by atoms with Gasteiger partial charge in [0.2, 0.25) is 15.9 Å². The Morgan fingerprint density at radius 2 is 1.56 bits per heavy atom. The minimum absolute atomic E-state index is 0.0203. The van der Waals surface area contributed by atoms with Crippen LogP contribution in [0.3, 0.4) is 0 Å². The van der Waals surface area contributed by atoms with Gasteiger partial charge in [0, 0.05) is 26.2 Å².